The number of nitrogens with zero attached hydrogens (tertiary/aromatic N) is 2. The molecule has 3 rings (SSSR count). The second kappa shape index (κ2) is 6.68. The van der Waals surface area contributed by atoms with Crippen molar-refractivity contribution in [2.24, 2.45) is 5.92 Å². The lowest BCUT2D eigenvalue weighted by molar-refractivity contribution is 0.0273. The van der Waals surface area contributed by atoms with E-state index < -0.39 is 0 Å². The van der Waals surface area contributed by atoms with Gasteiger partial charge in [-0.25, -0.2) is 0 Å². The minimum absolute atomic E-state index is 0.00403. The highest BCUT2D eigenvalue weighted by Crippen LogP contribution is 2.36. The first-order valence-corrected chi connectivity index (χ1v) is 7.95. The van der Waals surface area contributed by atoms with Gasteiger partial charge in [-0.05, 0) is 38.1 Å². The zero-order chi connectivity index (χ0) is 13.8. The van der Waals surface area contributed by atoms with E-state index >= 15 is 0 Å². The highest BCUT2D eigenvalue weighted by molar-refractivity contribution is 5.00. The number of ether oxygens (including phenoxy) is 1. The Balaban J connectivity index is 1.70. The second-order valence-electron chi connectivity index (χ2n) is 6.09. The van der Waals surface area contributed by atoms with Gasteiger partial charge in [-0.2, -0.15) is 4.98 Å². The zero-order valence-corrected chi connectivity index (χ0v) is 12.3. The van der Waals surface area contributed by atoms with Crippen molar-refractivity contribution in [1.29, 1.82) is 0 Å². The zero-order valence-electron chi connectivity index (χ0n) is 12.3. The molecule has 0 aromatic carbocycles. The summed E-state index contributed by atoms with van der Waals surface area (Å²) >= 11 is 0. The Morgan fingerprint density at radius 1 is 1.20 bits per heavy atom. The van der Waals surface area contributed by atoms with Crippen LogP contribution in [0.2, 0.25) is 0 Å². The smallest absolute Gasteiger partial charge is 0.231 e. The van der Waals surface area contributed by atoms with Crippen LogP contribution in [-0.2, 0) is 4.74 Å². The minimum Gasteiger partial charge on any atom is -0.373 e. The predicted molar refractivity (Wildman–Crippen MR) is 75.5 cm³/mol. The van der Waals surface area contributed by atoms with Crippen LogP contribution in [0.15, 0.2) is 4.52 Å². The Hall–Kier alpha value is -0.940. The number of aromatic nitrogens is 2. The van der Waals surface area contributed by atoms with Gasteiger partial charge in [0.1, 0.15) is 6.10 Å². The molecule has 1 saturated carbocycles. The maximum Gasteiger partial charge on any atom is 0.231 e. The maximum atomic E-state index is 5.68. The Morgan fingerprint density at radius 2 is 2.05 bits per heavy atom. The molecule has 2 aliphatic rings. The molecular formula is C15H25N3O2. The van der Waals surface area contributed by atoms with Crippen LogP contribution < -0.4 is 5.32 Å². The normalized spacial score (nSPS) is 26.6. The van der Waals surface area contributed by atoms with Crippen molar-refractivity contribution < 1.29 is 9.26 Å². The summed E-state index contributed by atoms with van der Waals surface area (Å²) in [4.78, 5) is 4.64. The molecule has 1 aromatic heterocycles. The van der Waals surface area contributed by atoms with Crippen molar-refractivity contribution in [2.75, 3.05) is 20.2 Å². The fourth-order valence-corrected chi connectivity index (χ4v) is 3.54. The lowest BCUT2D eigenvalue weighted by Crippen LogP contribution is -2.28. The molecule has 5 nitrogen and oxygen atoms in total. The van der Waals surface area contributed by atoms with Gasteiger partial charge in [-0.3, -0.25) is 0 Å². The van der Waals surface area contributed by atoms with Gasteiger partial charge in [0.25, 0.3) is 0 Å². The van der Waals surface area contributed by atoms with Crippen LogP contribution in [0.1, 0.15) is 68.7 Å². The number of nitrogens with one attached hydrogen (secondary N) is 1. The van der Waals surface area contributed by atoms with E-state index in [0.29, 0.717) is 11.8 Å². The summed E-state index contributed by atoms with van der Waals surface area (Å²) in [6, 6.07) is 0. The molecule has 5 heteroatoms. The number of piperidine rings is 1. The molecule has 1 aromatic rings. The van der Waals surface area contributed by atoms with Gasteiger partial charge in [0.2, 0.25) is 11.7 Å². The molecular weight excluding hydrogens is 254 g/mol. The van der Waals surface area contributed by atoms with Crippen LogP contribution in [0, 0.1) is 5.92 Å². The van der Waals surface area contributed by atoms with E-state index in [9.17, 15) is 0 Å². The van der Waals surface area contributed by atoms with Crippen molar-refractivity contribution in [1.82, 2.24) is 15.5 Å². The van der Waals surface area contributed by atoms with E-state index in [0.717, 1.165) is 31.2 Å². The summed E-state index contributed by atoms with van der Waals surface area (Å²) in [6.07, 6.45) is 8.68. The van der Waals surface area contributed by atoms with Gasteiger partial charge in [-0.15, -0.1) is 0 Å². The first-order valence-electron chi connectivity index (χ1n) is 7.95. The molecule has 2 atom stereocenters. The van der Waals surface area contributed by atoms with Crippen molar-refractivity contribution in [3.63, 3.8) is 0 Å². The van der Waals surface area contributed by atoms with Crippen LogP contribution >= 0.6 is 0 Å². The third-order valence-electron chi connectivity index (χ3n) is 4.69. The summed E-state index contributed by atoms with van der Waals surface area (Å²) < 4.78 is 11.2. The van der Waals surface area contributed by atoms with E-state index in [4.69, 9.17) is 9.26 Å². The maximum absolute atomic E-state index is 5.68. The van der Waals surface area contributed by atoms with Gasteiger partial charge in [0.05, 0.1) is 5.92 Å². The summed E-state index contributed by atoms with van der Waals surface area (Å²) in [5.41, 5.74) is 0. The fraction of sp³-hybridized carbons (Fsp3) is 0.867. The number of hydrogen-bond donors (Lipinski definition) is 1. The van der Waals surface area contributed by atoms with Gasteiger partial charge >= 0.3 is 0 Å². The largest absolute Gasteiger partial charge is 0.373 e. The van der Waals surface area contributed by atoms with Crippen molar-refractivity contribution in [2.45, 2.75) is 57.0 Å². The Bertz CT molecular complexity index is 409. The molecule has 0 radical (unpaired) electrons. The van der Waals surface area contributed by atoms with Gasteiger partial charge < -0.3 is 14.6 Å². The third kappa shape index (κ3) is 3.04. The average molecular weight is 279 g/mol. The van der Waals surface area contributed by atoms with Crippen LogP contribution in [0.3, 0.4) is 0 Å². The van der Waals surface area contributed by atoms with E-state index in [1.54, 1.807) is 7.11 Å². The molecule has 0 amide bonds. The first kappa shape index (κ1) is 14.0. The minimum atomic E-state index is 0.00403. The van der Waals surface area contributed by atoms with Crippen LogP contribution in [-0.4, -0.2) is 30.3 Å². The van der Waals surface area contributed by atoms with Crippen molar-refractivity contribution >= 4 is 0 Å². The molecule has 0 bridgehead atoms. The molecule has 0 spiro atoms. The summed E-state index contributed by atoms with van der Waals surface area (Å²) in [5.74, 6) is 2.45. The SMILES string of the molecule is COC(c1noc([C@@H]2CCCNC2)n1)C1CCCCC1. The molecule has 1 unspecified atom stereocenters. The monoisotopic (exact) mass is 279 g/mol. The Kier molecular flexibility index (Phi) is 4.68. The third-order valence-corrected chi connectivity index (χ3v) is 4.69. The van der Waals surface area contributed by atoms with Gasteiger partial charge in [0, 0.05) is 13.7 Å². The van der Waals surface area contributed by atoms with E-state index in [1.807, 2.05) is 0 Å². The second-order valence-corrected chi connectivity index (χ2v) is 6.09. The molecule has 1 saturated heterocycles. The van der Waals surface area contributed by atoms with Crippen molar-refractivity contribution in [3.05, 3.63) is 11.7 Å². The van der Waals surface area contributed by atoms with Gasteiger partial charge in [-0.1, -0.05) is 24.4 Å². The van der Waals surface area contributed by atoms with Crippen LogP contribution in [0.4, 0.5) is 0 Å². The quantitative estimate of drug-likeness (QED) is 0.918. The Morgan fingerprint density at radius 3 is 2.75 bits per heavy atom. The Labute approximate surface area is 120 Å². The summed E-state index contributed by atoms with van der Waals surface area (Å²) in [7, 11) is 1.76. The lowest BCUT2D eigenvalue weighted by atomic mass is 9.85. The molecule has 1 aliphatic carbocycles. The van der Waals surface area contributed by atoms with E-state index in [1.165, 1.54) is 38.5 Å². The highest BCUT2D eigenvalue weighted by atomic mass is 16.5. The predicted octanol–water partition coefficient (Wildman–Crippen LogP) is 2.80. The molecule has 2 fully saturated rings. The van der Waals surface area contributed by atoms with Crippen LogP contribution in [0.5, 0.6) is 0 Å². The van der Waals surface area contributed by atoms with E-state index in [2.05, 4.69) is 15.5 Å². The molecule has 20 heavy (non-hydrogen) atoms. The van der Waals surface area contributed by atoms with Crippen LogP contribution in [0.25, 0.3) is 0 Å². The highest BCUT2D eigenvalue weighted by Gasteiger charge is 2.30. The number of hydrogen-bond acceptors (Lipinski definition) is 5. The molecule has 1 N–H and O–H groups in total. The average Bonchev–Trinajstić information content (AvgIpc) is 3.00. The summed E-state index contributed by atoms with van der Waals surface area (Å²) in [5, 5.41) is 7.59. The lowest BCUT2D eigenvalue weighted by Gasteiger charge is -2.27. The fourth-order valence-electron chi connectivity index (χ4n) is 3.54. The standard InChI is InChI=1S/C15H25N3O2/c1-19-13(11-6-3-2-4-7-11)14-17-15(20-18-14)12-8-5-9-16-10-12/h11-13,16H,2-10H2,1H3/t12-,13?/m1/s1. The topological polar surface area (TPSA) is 60.2 Å². The number of methoxy groups -OCH3 is 1. The molecule has 112 valence electrons. The number of rotatable bonds is 4. The van der Waals surface area contributed by atoms with E-state index in [-0.39, 0.29) is 6.10 Å². The summed E-state index contributed by atoms with van der Waals surface area (Å²) in [6.45, 7) is 2.04. The van der Waals surface area contributed by atoms with Gasteiger partial charge in [0.15, 0.2) is 0 Å². The molecule has 1 aliphatic heterocycles. The molecule has 2 heterocycles. The van der Waals surface area contributed by atoms with Crippen molar-refractivity contribution in [3.8, 4) is 0 Å². The first-order chi connectivity index (χ1) is 9.88.